The molecule has 1 heterocycles. The highest BCUT2D eigenvalue weighted by atomic mass is 32.1. The number of hydrogen-bond acceptors (Lipinski definition) is 5. The lowest BCUT2D eigenvalue weighted by atomic mass is 9.98. The summed E-state index contributed by atoms with van der Waals surface area (Å²) in [4.78, 5) is 17.9. The van der Waals surface area contributed by atoms with Crippen molar-refractivity contribution in [3.8, 4) is 0 Å². The van der Waals surface area contributed by atoms with Gasteiger partial charge in [-0.1, -0.05) is 60.7 Å². The average Bonchev–Trinajstić information content (AvgIpc) is 3.28. The minimum absolute atomic E-state index is 0.131. The van der Waals surface area contributed by atoms with E-state index in [0.717, 1.165) is 28.0 Å². The van der Waals surface area contributed by atoms with Gasteiger partial charge in [-0.05, 0) is 23.6 Å². The van der Waals surface area contributed by atoms with Crippen LogP contribution < -0.4 is 16.8 Å². The SMILES string of the molecule is CN=C(C(=CN)c1ccccc1)c1csc(C(=O)NC(CN)Cc2ccccc2)c1. The highest BCUT2D eigenvalue weighted by molar-refractivity contribution is 7.12. The summed E-state index contributed by atoms with van der Waals surface area (Å²) in [6, 6.07) is 21.6. The molecule has 1 amide bonds. The molecule has 1 unspecified atom stereocenters. The largest absolute Gasteiger partial charge is 0.404 e. The van der Waals surface area contributed by atoms with Crippen LogP contribution >= 0.6 is 11.3 Å². The highest BCUT2D eigenvalue weighted by Crippen LogP contribution is 2.24. The average molecular weight is 419 g/mol. The number of nitrogens with zero attached hydrogens (tertiary/aromatic N) is 1. The summed E-state index contributed by atoms with van der Waals surface area (Å²) < 4.78 is 0. The summed E-state index contributed by atoms with van der Waals surface area (Å²) in [7, 11) is 1.73. The Bertz CT molecular complexity index is 1030. The van der Waals surface area contributed by atoms with Crippen LogP contribution in [0.2, 0.25) is 0 Å². The van der Waals surface area contributed by atoms with E-state index < -0.39 is 0 Å². The molecule has 154 valence electrons. The minimum Gasteiger partial charge on any atom is -0.404 e. The van der Waals surface area contributed by atoms with Crippen LogP contribution in [0, 0.1) is 0 Å². The first-order valence-corrected chi connectivity index (χ1v) is 10.6. The zero-order valence-corrected chi connectivity index (χ0v) is 17.7. The highest BCUT2D eigenvalue weighted by Gasteiger charge is 2.18. The lowest BCUT2D eigenvalue weighted by molar-refractivity contribution is 0.0942. The number of rotatable bonds is 8. The fourth-order valence-electron chi connectivity index (χ4n) is 3.26. The summed E-state index contributed by atoms with van der Waals surface area (Å²) in [5.41, 5.74) is 16.4. The normalized spacial score (nSPS) is 13.1. The number of aliphatic imine (C=N–C) groups is 1. The van der Waals surface area contributed by atoms with E-state index in [1.165, 1.54) is 11.3 Å². The van der Waals surface area contributed by atoms with Crippen LogP contribution in [0.3, 0.4) is 0 Å². The van der Waals surface area contributed by atoms with Crippen LogP contribution in [0.4, 0.5) is 0 Å². The van der Waals surface area contributed by atoms with Crippen LogP contribution in [0.1, 0.15) is 26.4 Å². The van der Waals surface area contributed by atoms with E-state index in [9.17, 15) is 4.79 Å². The fourth-order valence-corrected chi connectivity index (χ4v) is 4.06. The first kappa shape index (κ1) is 21.5. The molecule has 0 radical (unpaired) electrons. The molecule has 0 aliphatic carbocycles. The monoisotopic (exact) mass is 418 g/mol. The van der Waals surface area contributed by atoms with E-state index >= 15 is 0 Å². The second-order valence-electron chi connectivity index (χ2n) is 6.81. The Kier molecular flexibility index (Phi) is 7.54. The minimum atomic E-state index is -0.133. The molecule has 1 atom stereocenters. The molecule has 30 heavy (non-hydrogen) atoms. The van der Waals surface area contributed by atoms with Gasteiger partial charge in [-0.3, -0.25) is 9.79 Å². The molecule has 2 aromatic carbocycles. The molecule has 0 bridgehead atoms. The zero-order chi connectivity index (χ0) is 21.3. The van der Waals surface area contributed by atoms with Crippen LogP contribution in [-0.2, 0) is 6.42 Å². The van der Waals surface area contributed by atoms with E-state index in [-0.39, 0.29) is 11.9 Å². The summed E-state index contributed by atoms with van der Waals surface area (Å²) in [5, 5.41) is 4.97. The number of allylic oxidation sites excluding steroid dienone is 1. The Labute approximate surface area is 181 Å². The van der Waals surface area contributed by atoms with Crippen molar-refractivity contribution in [3.63, 3.8) is 0 Å². The van der Waals surface area contributed by atoms with Crippen molar-refractivity contribution in [2.75, 3.05) is 13.6 Å². The third-order valence-corrected chi connectivity index (χ3v) is 5.70. The maximum atomic E-state index is 12.8. The Balaban J connectivity index is 1.75. The molecule has 0 fully saturated rings. The molecular formula is C24H26N4OS. The van der Waals surface area contributed by atoms with Gasteiger partial charge in [0.25, 0.3) is 5.91 Å². The Hall–Kier alpha value is -3.22. The van der Waals surface area contributed by atoms with Gasteiger partial charge in [-0.15, -0.1) is 11.3 Å². The zero-order valence-electron chi connectivity index (χ0n) is 16.9. The molecule has 0 saturated carbocycles. The molecule has 0 aliphatic heterocycles. The predicted molar refractivity (Wildman–Crippen MR) is 126 cm³/mol. The summed E-state index contributed by atoms with van der Waals surface area (Å²) in [6.45, 7) is 0.370. The van der Waals surface area contributed by atoms with Gasteiger partial charge in [-0.25, -0.2) is 0 Å². The van der Waals surface area contributed by atoms with Crippen LogP contribution in [0.5, 0.6) is 0 Å². The number of carbonyl (C=O) groups is 1. The number of nitrogens with one attached hydrogen (secondary N) is 1. The number of amides is 1. The quantitative estimate of drug-likeness (QED) is 0.489. The standard InChI is InChI=1S/C24H26N4OS/c1-27-23(21(15-26)18-10-6-3-7-11-18)19-13-22(30-16-19)24(29)28-20(14-25)12-17-8-4-2-5-9-17/h2-11,13,15-16,20H,12,14,25-26H2,1H3,(H,28,29). The van der Waals surface area contributed by atoms with Crippen molar-refractivity contribution in [1.82, 2.24) is 5.32 Å². The van der Waals surface area contributed by atoms with E-state index in [0.29, 0.717) is 17.8 Å². The van der Waals surface area contributed by atoms with Gasteiger partial charge in [0.2, 0.25) is 0 Å². The molecule has 1 aromatic heterocycles. The molecule has 0 saturated heterocycles. The first-order chi connectivity index (χ1) is 14.7. The first-order valence-electron chi connectivity index (χ1n) is 9.74. The molecule has 6 heteroatoms. The maximum absolute atomic E-state index is 12.8. The van der Waals surface area contributed by atoms with Crippen molar-refractivity contribution in [3.05, 3.63) is 99.9 Å². The van der Waals surface area contributed by atoms with Crippen molar-refractivity contribution in [2.24, 2.45) is 16.5 Å². The van der Waals surface area contributed by atoms with Gasteiger partial charge in [0, 0.05) is 42.4 Å². The smallest absolute Gasteiger partial charge is 0.261 e. The van der Waals surface area contributed by atoms with E-state index in [4.69, 9.17) is 11.5 Å². The van der Waals surface area contributed by atoms with Crippen LogP contribution in [-0.4, -0.2) is 31.3 Å². The maximum Gasteiger partial charge on any atom is 0.261 e. The van der Waals surface area contributed by atoms with Gasteiger partial charge in [0.15, 0.2) is 0 Å². The van der Waals surface area contributed by atoms with Crippen molar-refractivity contribution >= 4 is 28.5 Å². The van der Waals surface area contributed by atoms with Gasteiger partial charge >= 0.3 is 0 Å². The Morgan fingerprint density at radius 1 is 1.10 bits per heavy atom. The third-order valence-electron chi connectivity index (χ3n) is 4.77. The number of benzene rings is 2. The fraction of sp³-hybridized carbons (Fsp3) is 0.167. The number of carbonyl (C=O) groups excluding carboxylic acids is 1. The molecule has 5 N–H and O–H groups in total. The molecule has 3 rings (SSSR count). The summed E-state index contributed by atoms with van der Waals surface area (Å²) in [5.74, 6) is -0.133. The summed E-state index contributed by atoms with van der Waals surface area (Å²) >= 11 is 1.38. The topological polar surface area (TPSA) is 93.5 Å². The second-order valence-corrected chi connectivity index (χ2v) is 7.73. The van der Waals surface area contributed by atoms with Crippen LogP contribution in [0.25, 0.3) is 5.57 Å². The van der Waals surface area contributed by atoms with Gasteiger partial charge in [-0.2, -0.15) is 0 Å². The van der Waals surface area contributed by atoms with Crippen molar-refractivity contribution < 1.29 is 4.79 Å². The van der Waals surface area contributed by atoms with Crippen LogP contribution in [0.15, 0.2) is 83.3 Å². The second kappa shape index (κ2) is 10.5. The van der Waals surface area contributed by atoms with Crippen molar-refractivity contribution in [2.45, 2.75) is 12.5 Å². The summed E-state index contributed by atoms with van der Waals surface area (Å²) in [6.07, 6.45) is 2.25. The van der Waals surface area contributed by atoms with E-state index in [1.807, 2.05) is 72.1 Å². The van der Waals surface area contributed by atoms with Gasteiger partial charge in [0.1, 0.15) is 0 Å². The third kappa shape index (κ3) is 5.23. The molecule has 5 nitrogen and oxygen atoms in total. The van der Waals surface area contributed by atoms with Gasteiger partial charge < -0.3 is 16.8 Å². The Morgan fingerprint density at radius 3 is 2.37 bits per heavy atom. The predicted octanol–water partition coefficient (Wildman–Crippen LogP) is 3.47. The Morgan fingerprint density at radius 2 is 1.77 bits per heavy atom. The van der Waals surface area contributed by atoms with Gasteiger partial charge in [0.05, 0.1) is 10.6 Å². The lowest BCUT2D eigenvalue weighted by Crippen LogP contribution is -2.41. The van der Waals surface area contributed by atoms with E-state index in [2.05, 4.69) is 10.3 Å². The number of nitrogens with two attached hydrogens (primary N) is 2. The molecular weight excluding hydrogens is 392 g/mol. The van der Waals surface area contributed by atoms with Crippen molar-refractivity contribution in [1.29, 1.82) is 0 Å². The molecule has 0 aliphatic rings. The number of thiophene rings is 1. The lowest BCUT2D eigenvalue weighted by Gasteiger charge is -2.16. The molecule has 0 spiro atoms. The molecule has 3 aromatic rings. The van der Waals surface area contributed by atoms with E-state index in [1.54, 1.807) is 13.2 Å². The number of hydrogen-bond donors (Lipinski definition) is 3.